The fourth-order valence-corrected chi connectivity index (χ4v) is 3.31. The van der Waals surface area contributed by atoms with Gasteiger partial charge in [0.1, 0.15) is 0 Å². The number of nitro benzene ring substituents is 1. The molecule has 8 nitrogen and oxygen atoms in total. The first-order valence-corrected chi connectivity index (χ1v) is 9.21. The molecule has 2 rings (SSSR count). The molecule has 1 N–H and O–H groups in total. The van der Waals surface area contributed by atoms with E-state index in [1.807, 2.05) is 0 Å². The van der Waals surface area contributed by atoms with Crippen molar-refractivity contribution in [3.63, 3.8) is 0 Å². The molecule has 0 saturated heterocycles. The number of carbonyl (C=O) groups excluding carboxylic acids is 2. The minimum Gasteiger partial charge on any atom is -0.487 e. The third kappa shape index (κ3) is 5.42. The first-order valence-electron chi connectivity index (χ1n) is 9.21. The minimum atomic E-state index is -0.790. The Morgan fingerprint density at radius 2 is 2.04 bits per heavy atom. The molecule has 1 aromatic rings. The molecule has 1 aliphatic rings. The van der Waals surface area contributed by atoms with E-state index in [1.54, 1.807) is 6.92 Å². The Labute approximate surface area is 158 Å². The number of rotatable bonds is 7. The second-order valence-electron chi connectivity index (χ2n) is 6.89. The van der Waals surface area contributed by atoms with Gasteiger partial charge in [-0.3, -0.25) is 14.9 Å². The molecule has 148 valence electrons. The Morgan fingerprint density at radius 1 is 1.30 bits per heavy atom. The highest BCUT2D eigenvalue weighted by atomic mass is 16.6. The van der Waals surface area contributed by atoms with Crippen LogP contribution in [0.25, 0.3) is 0 Å². The predicted octanol–water partition coefficient (Wildman–Crippen LogP) is 3.09. The molecule has 8 heteroatoms. The standard InChI is InChI=1S/C19H26N2O6/c1-4-26-17-9-8-14(10-16(17)21(24)25)19(23)27-11-18(22)20-15-7-5-6-12(2)13(15)3/h8-10,12-13,15H,4-7,11H2,1-3H3,(H,20,22)/t12-,13-,15-/m0/s1. The molecule has 0 unspecified atom stereocenters. The number of benzene rings is 1. The molecule has 1 fully saturated rings. The van der Waals surface area contributed by atoms with Gasteiger partial charge < -0.3 is 14.8 Å². The van der Waals surface area contributed by atoms with Crippen LogP contribution in [0.2, 0.25) is 0 Å². The van der Waals surface area contributed by atoms with Crippen LogP contribution in [-0.4, -0.2) is 36.1 Å². The van der Waals surface area contributed by atoms with Crippen LogP contribution in [0.15, 0.2) is 18.2 Å². The van der Waals surface area contributed by atoms with Crippen molar-refractivity contribution in [1.29, 1.82) is 0 Å². The number of amides is 1. The van der Waals surface area contributed by atoms with Crippen LogP contribution in [0.3, 0.4) is 0 Å². The first-order chi connectivity index (χ1) is 12.8. The fraction of sp³-hybridized carbons (Fsp3) is 0.579. The molecular weight excluding hydrogens is 352 g/mol. The minimum absolute atomic E-state index is 0.00221. The lowest BCUT2D eigenvalue weighted by Gasteiger charge is -2.34. The van der Waals surface area contributed by atoms with Gasteiger partial charge in [-0.05, 0) is 37.3 Å². The zero-order valence-corrected chi connectivity index (χ0v) is 15.9. The summed E-state index contributed by atoms with van der Waals surface area (Å²) in [5.41, 5.74) is -0.321. The van der Waals surface area contributed by atoms with Crippen LogP contribution in [0.5, 0.6) is 5.75 Å². The van der Waals surface area contributed by atoms with Gasteiger partial charge in [-0.1, -0.05) is 26.7 Å². The van der Waals surface area contributed by atoms with Gasteiger partial charge in [-0.2, -0.15) is 0 Å². The van der Waals surface area contributed by atoms with Gasteiger partial charge in [0, 0.05) is 12.1 Å². The third-order valence-electron chi connectivity index (χ3n) is 5.08. The van der Waals surface area contributed by atoms with Crippen molar-refractivity contribution in [1.82, 2.24) is 5.32 Å². The van der Waals surface area contributed by atoms with E-state index in [1.165, 1.54) is 12.1 Å². The molecule has 0 aliphatic heterocycles. The molecule has 1 amide bonds. The van der Waals surface area contributed by atoms with E-state index < -0.39 is 17.5 Å². The van der Waals surface area contributed by atoms with E-state index in [4.69, 9.17) is 9.47 Å². The molecule has 27 heavy (non-hydrogen) atoms. The molecule has 1 aromatic carbocycles. The first kappa shape index (κ1) is 20.7. The number of nitrogens with zero attached hydrogens (tertiary/aromatic N) is 1. The number of hydrogen-bond acceptors (Lipinski definition) is 6. The smallest absolute Gasteiger partial charge is 0.338 e. The van der Waals surface area contributed by atoms with Crippen molar-refractivity contribution in [2.75, 3.05) is 13.2 Å². The summed E-state index contributed by atoms with van der Waals surface area (Å²) < 4.78 is 10.2. The summed E-state index contributed by atoms with van der Waals surface area (Å²) in [6, 6.07) is 3.90. The molecule has 1 aliphatic carbocycles. The number of hydrogen-bond donors (Lipinski definition) is 1. The van der Waals surface area contributed by atoms with Crippen molar-refractivity contribution in [3.8, 4) is 5.75 Å². The summed E-state index contributed by atoms with van der Waals surface area (Å²) in [6.45, 7) is 5.83. The molecular formula is C19H26N2O6. The molecule has 0 radical (unpaired) electrons. The average molecular weight is 378 g/mol. The largest absolute Gasteiger partial charge is 0.487 e. The van der Waals surface area contributed by atoms with E-state index in [-0.39, 0.29) is 35.6 Å². The molecule has 0 heterocycles. The SMILES string of the molecule is CCOc1ccc(C(=O)OCC(=O)N[C@H]2CCC[C@H](C)[C@@H]2C)cc1[N+](=O)[O-]. The van der Waals surface area contributed by atoms with E-state index in [9.17, 15) is 19.7 Å². The van der Waals surface area contributed by atoms with E-state index >= 15 is 0 Å². The van der Waals surface area contributed by atoms with Crippen molar-refractivity contribution in [3.05, 3.63) is 33.9 Å². The van der Waals surface area contributed by atoms with Crippen molar-refractivity contribution in [2.24, 2.45) is 11.8 Å². The summed E-state index contributed by atoms with van der Waals surface area (Å²) in [5.74, 6) is -0.170. The molecule has 0 aromatic heterocycles. The number of esters is 1. The maximum atomic E-state index is 12.1. The Morgan fingerprint density at radius 3 is 2.70 bits per heavy atom. The third-order valence-corrected chi connectivity index (χ3v) is 5.08. The van der Waals surface area contributed by atoms with Gasteiger partial charge in [0.2, 0.25) is 0 Å². The van der Waals surface area contributed by atoms with Crippen molar-refractivity contribution in [2.45, 2.75) is 46.1 Å². The maximum Gasteiger partial charge on any atom is 0.338 e. The summed E-state index contributed by atoms with van der Waals surface area (Å²) >= 11 is 0. The van der Waals surface area contributed by atoms with Gasteiger partial charge in [0.25, 0.3) is 5.91 Å². The lowest BCUT2D eigenvalue weighted by atomic mass is 9.78. The van der Waals surface area contributed by atoms with Crippen molar-refractivity contribution >= 4 is 17.6 Å². The van der Waals surface area contributed by atoms with E-state index in [0.29, 0.717) is 11.8 Å². The summed E-state index contributed by atoms with van der Waals surface area (Å²) in [5, 5.41) is 14.0. The number of ether oxygens (including phenoxy) is 2. The molecule has 1 saturated carbocycles. The lowest BCUT2D eigenvalue weighted by Crippen LogP contribution is -2.45. The topological polar surface area (TPSA) is 108 Å². The Bertz CT molecular complexity index is 705. The zero-order chi connectivity index (χ0) is 20.0. The van der Waals surface area contributed by atoms with Gasteiger partial charge in [-0.25, -0.2) is 4.79 Å². The normalized spacial score (nSPS) is 22.0. The Balaban J connectivity index is 1.94. The summed E-state index contributed by atoms with van der Waals surface area (Å²) in [4.78, 5) is 34.7. The quantitative estimate of drug-likeness (QED) is 0.444. The molecule has 3 atom stereocenters. The van der Waals surface area contributed by atoms with Crippen molar-refractivity contribution < 1.29 is 24.0 Å². The van der Waals surface area contributed by atoms with Gasteiger partial charge in [0.05, 0.1) is 17.1 Å². The van der Waals surface area contributed by atoms with E-state index in [2.05, 4.69) is 19.2 Å². The van der Waals surface area contributed by atoms with Gasteiger partial charge >= 0.3 is 11.7 Å². The van der Waals surface area contributed by atoms with Crippen LogP contribution < -0.4 is 10.1 Å². The van der Waals surface area contributed by atoms with E-state index in [0.717, 1.165) is 25.3 Å². The Kier molecular flexibility index (Phi) is 7.15. The molecule has 0 spiro atoms. The maximum absolute atomic E-state index is 12.1. The zero-order valence-electron chi connectivity index (χ0n) is 15.9. The number of nitro groups is 1. The van der Waals surface area contributed by atoms with Crippen LogP contribution >= 0.6 is 0 Å². The van der Waals surface area contributed by atoms with Crippen LogP contribution in [0, 0.1) is 22.0 Å². The monoisotopic (exact) mass is 378 g/mol. The predicted molar refractivity (Wildman–Crippen MR) is 98.7 cm³/mol. The highest BCUT2D eigenvalue weighted by molar-refractivity contribution is 5.92. The summed E-state index contributed by atoms with van der Waals surface area (Å²) in [6.07, 6.45) is 3.13. The average Bonchev–Trinajstić information content (AvgIpc) is 2.64. The van der Waals surface area contributed by atoms with Crippen LogP contribution in [0.1, 0.15) is 50.4 Å². The van der Waals surface area contributed by atoms with Crippen LogP contribution in [0.4, 0.5) is 5.69 Å². The second kappa shape index (κ2) is 9.34. The highest BCUT2D eigenvalue weighted by Crippen LogP contribution is 2.30. The number of carbonyl (C=O) groups is 2. The van der Waals surface area contributed by atoms with Crippen LogP contribution in [-0.2, 0) is 9.53 Å². The lowest BCUT2D eigenvalue weighted by molar-refractivity contribution is -0.385. The summed E-state index contributed by atoms with van der Waals surface area (Å²) in [7, 11) is 0. The fourth-order valence-electron chi connectivity index (χ4n) is 3.31. The van der Waals surface area contributed by atoms with Gasteiger partial charge in [-0.15, -0.1) is 0 Å². The Hall–Kier alpha value is -2.64. The second-order valence-corrected chi connectivity index (χ2v) is 6.89. The van der Waals surface area contributed by atoms with Gasteiger partial charge in [0.15, 0.2) is 12.4 Å². The molecule has 0 bridgehead atoms. The number of nitrogens with one attached hydrogen (secondary N) is 1. The highest BCUT2D eigenvalue weighted by Gasteiger charge is 2.28.